The van der Waals surface area contributed by atoms with Gasteiger partial charge in [0, 0.05) is 31.0 Å². The third-order valence-corrected chi connectivity index (χ3v) is 5.57. The lowest BCUT2D eigenvalue weighted by molar-refractivity contribution is -0.131. The maximum atomic E-state index is 12.6. The molecule has 0 saturated carbocycles. The molecule has 2 aromatic carbocycles. The van der Waals surface area contributed by atoms with Crippen LogP contribution in [0.2, 0.25) is 0 Å². The molecule has 0 bridgehead atoms. The number of carbonyl (C=O) groups excluding carboxylic acids is 1. The van der Waals surface area contributed by atoms with Crippen LogP contribution in [0.5, 0.6) is 0 Å². The lowest BCUT2D eigenvalue weighted by atomic mass is 10.1. The summed E-state index contributed by atoms with van der Waals surface area (Å²) in [5, 5.41) is 0. The first-order valence-corrected chi connectivity index (χ1v) is 9.65. The molecule has 27 heavy (non-hydrogen) atoms. The van der Waals surface area contributed by atoms with Gasteiger partial charge in [0.25, 0.3) is 0 Å². The highest BCUT2D eigenvalue weighted by Crippen LogP contribution is 2.34. The van der Waals surface area contributed by atoms with Crippen LogP contribution in [0.25, 0.3) is 11.0 Å². The highest BCUT2D eigenvalue weighted by Gasteiger charge is 2.39. The Morgan fingerprint density at radius 1 is 1.07 bits per heavy atom. The Morgan fingerprint density at radius 3 is 2.48 bits per heavy atom. The molecular weight excluding hydrogens is 334 g/mol. The van der Waals surface area contributed by atoms with E-state index in [1.807, 2.05) is 11.0 Å². The summed E-state index contributed by atoms with van der Waals surface area (Å²) in [6, 6.07) is 16.8. The van der Waals surface area contributed by atoms with Crippen LogP contribution in [0, 0.1) is 6.92 Å². The highest BCUT2D eigenvalue weighted by molar-refractivity contribution is 5.81. The Kier molecular flexibility index (Phi) is 4.29. The van der Waals surface area contributed by atoms with Gasteiger partial charge in [0.2, 0.25) is 5.91 Å². The number of amides is 1. The van der Waals surface area contributed by atoms with Crippen LogP contribution in [0.3, 0.4) is 0 Å². The van der Waals surface area contributed by atoms with Crippen molar-refractivity contribution in [2.75, 3.05) is 6.54 Å². The van der Waals surface area contributed by atoms with Crippen LogP contribution in [0.15, 0.2) is 48.5 Å². The SMILES string of the molecule is Cc1ccccc1Cn1c(C2CC(=O)N(C(C)(C)C)C2)nc2ccccc21. The Bertz CT molecular complexity index is 996. The van der Waals surface area contributed by atoms with Gasteiger partial charge in [-0.15, -0.1) is 0 Å². The van der Waals surface area contributed by atoms with E-state index in [0.29, 0.717) is 6.42 Å². The summed E-state index contributed by atoms with van der Waals surface area (Å²) in [5.74, 6) is 1.38. The molecule has 2 heterocycles. The molecule has 4 heteroatoms. The van der Waals surface area contributed by atoms with Gasteiger partial charge in [-0.1, -0.05) is 36.4 Å². The van der Waals surface area contributed by atoms with Gasteiger partial charge in [-0.2, -0.15) is 0 Å². The van der Waals surface area contributed by atoms with Gasteiger partial charge in [-0.05, 0) is 51.0 Å². The monoisotopic (exact) mass is 361 g/mol. The van der Waals surface area contributed by atoms with Gasteiger partial charge in [-0.3, -0.25) is 4.79 Å². The number of imidazole rings is 1. The zero-order valence-electron chi connectivity index (χ0n) is 16.6. The molecule has 1 aliphatic heterocycles. The van der Waals surface area contributed by atoms with Crippen LogP contribution in [-0.4, -0.2) is 32.4 Å². The van der Waals surface area contributed by atoms with E-state index in [2.05, 4.69) is 74.7 Å². The third kappa shape index (κ3) is 3.25. The van der Waals surface area contributed by atoms with Crippen LogP contribution >= 0.6 is 0 Å². The summed E-state index contributed by atoms with van der Waals surface area (Å²) in [6.07, 6.45) is 0.536. The predicted molar refractivity (Wildman–Crippen MR) is 109 cm³/mol. The zero-order chi connectivity index (χ0) is 19.2. The molecule has 0 spiro atoms. The zero-order valence-corrected chi connectivity index (χ0v) is 16.6. The first kappa shape index (κ1) is 17.8. The van der Waals surface area contributed by atoms with E-state index in [9.17, 15) is 4.79 Å². The number of hydrogen-bond acceptors (Lipinski definition) is 2. The average molecular weight is 361 g/mol. The normalized spacial score (nSPS) is 17.9. The molecule has 0 aliphatic carbocycles. The second kappa shape index (κ2) is 6.52. The van der Waals surface area contributed by atoms with Crippen molar-refractivity contribution < 1.29 is 4.79 Å². The second-order valence-corrected chi connectivity index (χ2v) is 8.55. The molecule has 1 aliphatic rings. The second-order valence-electron chi connectivity index (χ2n) is 8.55. The molecule has 0 radical (unpaired) electrons. The minimum Gasteiger partial charge on any atom is -0.337 e. The predicted octanol–water partition coefficient (Wildman–Crippen LogP) is 4.51. The number of para-hydroxylation sites is 2. The summed E-state index contributed by atoms with van der Waals surface area (Å²) in [4.78, 5) is 19.6. The van der Waals surface area contributed by atoms with Crippen molar-refractivity contribution in [3.8, 4) is 0 Å². The number of likely N-dealkylation sites (tertiary alicyclic amines) is 1. The third-order valence-electron chi connectivity index (χ3n) is 5.57. The fraction of sp³-hybridized carbons (Fsp3) is 0.391. The Morgan fingerprint density at radius 2 is 1.78 bits per heavy atom. The van der Waals surface area contributed by atoms with Crippen molar-refractivity contribution >= 4 is 16.9 Å². The van der Waals surface area contributed by atoms with E-state index in [1.54, 1.807) is 0 Å². The molecule has 1 atom stereocenters. The van der Waals surface area contributed by atoms with E-state index in [0.717, 1.165) is 29.9 Å². The molecule has 1 amide bonds. The van der Waals surface area contributed by atoms with Crippen LogP contribution in [0.1, 0.15) is 50.1 Å². The summed E-state index contributed by atoms with van der Waals surface area (Å²) >= 11 is 0. The minimum atomic E-state index is -0.154. The van der Waals surface area contributed by atoms with Crippen molar-refractivity contribution in [3.63, 3.8) is 0 Å². The van der Waals surface area contributed by atoms with Gasteiger partial charge >= 0.3 is 0 Å². The number of benzene rings is 2. The van der Waals surface area contributed by atoms with E-state index < -0.39 is 0 Å². The molecule has 1 aromatic heterocycles. The number of fused-ring (bicyclic) bond motifs is 1. The summed E-state index contributed by atoms with van der Waals surface area (Å²) in [7, 11) is 0. The minimum absolute atomic E-state index is 0.133. The fourth-order valence-corrected chi connectivity index (χ4v) is 4.06. The molecule has 4 rings (SSSR count). The van der Waals surface area contributed by atoms with E-state index in [4.69, 9.17) is 4.98 Å². The maximum Gasteiger partial charge on any atom is 0.223 e. The van der Waals surface area contributed by atoms with Crippen LogP contribution in [0.4, 0.5) is 0 Å². The van der Waals surface area contributed by atoms with Gasteiger partial charge in [0.1, 0.15) is 5.82 Å². The lowest BCUT2D eigenvalue weighted by Gasteiger charge is -2.32. The van der Waals surface area contributed by atoms with Crippen LogP contribution < -0.4 is 0 Å². The Hall–Kier alpha value is -2.62. The highest BCUT2D eigenvalue weighted by atomic mass is 16.2. The lowest BCUT2D eigenvalue weighted by Crippen LogP contribution is -2.42. The van der Waals surface area contributed by atoms with E-state index >= 15 is 0 Å². The molecule has 1 unspecified atom stereocenters. The van der Waals surface area contributed by atoms with Crippen LogP contribution in [-0.2, 0) is 11.3 Å². The number of aromatic nitrogens is 2. The molecule has 1 saturated heterocycles. The van der Waals surface area contributed by atoms with Gasteiger partial charge < -0.3 is 9.47 Å². The first-order chi connectivity index (χ1) is 12.8. The van der Waals surface area contributed by atoms with Crippen molar-refractivity contribution in [1.82, 2.24) is 14.5 Å². The van der Waals surface area contributed by atoms with Gasteiger partial charge in [-0.25, -0.2) is 4.98 Å². The van der Waals surface area contributed by atoms with Gasteiger partial charge in [0.15, 0.2) is 0 Å². The van der Waals surface area contributed by atoms with Crippen molar-refractivity contribution in [3.05, 3.63) is 65.5 Å². The fourth-order valence-electron chi connectivity index (χ4n) is 4.06. The largest absolute Gasteiger partial charge is 0.337 e. The van der Waals surface area contributed by atoms with Crippen molar-refractivity contribution in [2.45, 2.75) is 52.1 Å². The van der Waals surface area contributed by atoms with E-state index in [1.165, 1.54) is 11.1 Å². The molecule has 0 N–H and O–H groups in total. The molecular formula is C23H27N3O. The molecule has 1 fully saturated rings. The molecule has 3 aromatic rings. The maximum absolute atomic E-state index is 12.6. The molecule has 140 valence electrons. The summed E-state index contributed by atoms with van der Waals surface area (Å²) in [5.41, 5.74) is 4.55. The number of aryl methyl sites for hydroxylation is 1. The van der Waals surface area contributed by atoms with Crippen molar-refractivity contribution in [1.29, 1.82) is 0 Å². The standard InChI is InChI=1S/C23H27N3O/c1-16-9-5-6-10-17(16)14-25-20-12-8-7-11-19(20)24-22(25)18-13-21(27)26(15-18)23(2,3)4/h5-12,18H,13-15H2,1-4H3. The van der Waals surface area contributed by atoms with E-state index in [-0.39, 0.29) is 17.4 Å². The first-order valence-electron chi connectivity index (χ1n) is 9.65. The summed E-state index contributed by atoms with van der Waals surface area (Å²) in [6.45, 7) is 9.97. The Balaban J connectivity index is 1.77. The Labute approximate surface area is 160 Å². The number of rotatable bonds is 3. The topological polar surface area (TPSA) is 38.1 Å². The van der Waals surface area contributed by atoms with Gasteiger partial charge in [0.05, 0.1) is 11.0 Å². The summed E-state index contributed by atoms with van der Waals surface area (Å²) < 4.78 is 2.31. The quantitative estimate of drug-likeness (QED) is 0.688. The smallest absolute Gasteiger partial charge is 0.223 e. The average Bonchev–Trinajstić information content (AvgIpc) is 3.18. The number of carbonyl (C=O) groups is 1. The number of nitrogens with zero attached hydrogens (tertiary/aromatic N) is 3. The molecule has 4 nitrogen and oxygen atoms in total. The number of hydrogen-bond donors (Lipinski definition) is 0. The van der Waals surface area contributed by atoms with Crippen molar-refractivity contribution in [2.24, 2.45) is 0 Å².